The summed E-state index contributed by atoms with van der Waals surface area (Å²) in [5.74, 6) is 0.345. The van der Waals surface area contributed by atoms with Crippen LogP contribution in [0.4, 0.5) is 11.5 Å². The van der Waals surface area contributed by atoms with E-state index in [1.807, 2.05) is 12.1 Å². The van der Waals surface area contributed by atoms with Gasteiger partial charge in [0.05, 0.1) is 0 Å². The van der Waals surface area contributed by atoms with Gasteiger partial charge in [-0.2, -0.15) is 0 Å². The quantitative estimate of drug-likeness (QED) is 0.888. The smallest absolute Gasteiger partial charge is 0.256 e. The van der Waals surface area contributed by atoms with Crippen LogP contribution in [0, 0.1) is 0 Å². The van der Waals surface area contributed by atoms with E-state index in [4.69, 9.17) is 0 Å². The molecule has 2 amide bonds. The molecular formula is C16H15N3O2. The van der Waals surface area contributed by atoms with Gasteiger partial charge in [0, 0.05) is 23.9 Å². The molecule has 0 aliphatic carbocycles. The van der Waals surface area contributed by atoms with E-state index in [2.05, 4.69) is 15.6 Å². The number of carbonyl (C=O) groups is 2. The van der Waals surface area contributed by atoms with Gasteiger partial charge in [0.25, 0.3) is 5.91 Å². The lowest BCUT2D eigenvalue weighted by Gasteiger charge is -2.09. The molecule has 2 heterocycles. The first-order valence-corrected chi connectivity index (χ1v) is 6.87. The highest BCUT2D eigenvalue weighted by molar-refractivity contribution is 6.04. The number of nitrogens with zero attached hydrogens (tertiary/aromatic N) is 1. The Kier molecular flexibility index (Phi) is 3.64. The summed E-state index contributed by atoms with van der Waals surface area (Å²) in [7, 11) is 0. The van der Waals surface area contributed by atoms with Gasteiger partial charge in [-0.1, -0.05) is 6.07 Å². The molecule has 0 fully saturated rings. The molecule has 0 saturated carbocycles. The van der Waals surface area contributed by atoms with Gasteiger partial charge < -0.3 is 10.6 Å². The molecule has 2 aromatic rings. The maximum Gasteiger partial charge on any atom is 0.256 e. The third kappa shape index (κ3) is 3.08. The van der Waals surface area contributed by atoms with Crippen molar-refractivity contribution in [3.05, 3.63) is 53.7 Å². The highest BCUT2D eigenvalue weighted by Gasteiger charge is 2.15. The van der Waals surface area contributed by atoms with E-state index in [-0.39, 0.29) is 11.8 Å². The van der Waals surface area contributed by atoms with Crippen molar-refractivity contribution in [1.82, 2.24) is 4.98 Å². The summed E-state index contributed by atoms with van der Waals surface area (Å²) in [5.41, 5.74) is 2.36. The molecule has 5 nitrogen and oxygen atoms in total. The average molecular weight is 281 g/mol. The van der Waals surface area contributed by atoms with Crippen LogP contribution < -0.4 is 10.6 Å². The number of pyridine rings is 1. The number of rotatable bonds is 2. The van der Waals surface area contributed by atoms with E-state index in [1.165, 1.54) is 0 Å². The van der Waals surface area contributed by atoms with Gasteiger partial charge in [-0.25, -0.2) is 4.98 Å². The van der Waals surface area contributed by atoms with E-state index in [0.29, 0.717) is 17.8 Å². The van der Waals surface area contributed by atoms with Gasteiger partial charge in [0.1, 0.15) is 5.82 Å². The largest absolute Gasteiger partial charge is 0.326 e. The van der Waals surface area contributed by atoms with Gasteiger partial charge in [-0.3, -0.25) is 9.59 Å². The van der Waals surface area contributed by atoms with Gasteiger partial charge in [0.15, 0.2) is 0 Å². The molecule has 106 valence electrons. The third-order valence-electron chi connectivity index (χ3n) is 3.40. The zero-order valence-electron chi connectivity index (χ0n) is 11.4. The van der Waals surface area contributed by atoms with E-state index < -0.39 is 0 Å². The van der Waals surface area contributed by atoms with Gasteiger partial charge >= 0.3 is 0 Å². The van der Waals surface area contributed by atoms with Crippen LogP contribution in [0.2, 0.25) is 0 Å². The lowest BCUT2D eigenvalue weighted by molar-refractivity contribution is -0.116. The third-order valence-corrected chi connectivity index (χ3v) is 3.40. The molecule has 0 unspecified atom stereocenters. The Bertz CT molecular complexity index is 683. The Labute approximate surface area is 122 Å². The fraction of sp³-hybridized carbons (Fsp3) is 0.188. The predicted molar refractivity (Wildman–Crippen MR) is 80.2 cm³/mol. The molecule has 1 aliphatic heterocycles. The summed E-state index contributed by atoms with van der Waals surface area (Å²) in [6.07, 6.45) is 3.73. The number of amides is 2. The van der Waals surface area contributed by atoms with Crippen molar-refractivity contribution in [2.75, 3.05) is 10.6 Å². The van der Waals surface area contributed by atoms with Crippen molar-refractivity contribution in [3.63, 3.8) is 0 Å². The molecule has 3 rings (SSSR count). The topological polar surface area (TPSA) is 71.1 Å². The van der Waals surface area contributed by atoms with Crippen LogP contribution in [0.5, 0.6) is 0 Å². The minimum Gasteiger partial charge on any atom is -0.326 e. The second-order valence-electron chi connectivity index (χ2n) is 4.94. The Morgan fingerprint density at radius 1 is 1.19 bits per heavy atom. The number of fused-ring (bicyclic) bond motifs is 1. The molecule has 5 heteroatoms. The average Bonchev–Trinajstić information content (AvgIpc) is 2.68. The van der Waals surface area contributed by atoms with Crippen LogP contribution in [0.1, 0.15) is 28.8 Å². The van der Waals surface area contributed by atoms with Crippen LogP contribution in [0.15, 0.2) is 42.6 Å². The number of hydrogen-bond acceptors (Lipinski definition) is 3. The second kappa shape index (κ2) is 5.75. The molecule has 0 radical (unpaired) electrons. The zero-order valence-corrected chi connectivity index (χ0v) is 11.4. The minimum atomic E-state index is -0.202. The Morgan fingerprint density at radius 3 is 2.90 bits per heavy atom. The maximum atomic E-state index is 12.2. The monoisotopic (exact) mass is 281 g/mol. The number of nitrogens with one attached hydrogen (secondary N) is 2. The lowest BCUT2D eigenvalue weighted by Crippen LogP contribution is -2.14. The minimum absolute atomic E-state index is 0.0273. The van der Waals surface area contributed by atoms with Gasteiger partial charge in [0.2, 0.25) is 5.91 Å². The van der Waals surface area contributed by atoms with E-state index >= 15 is 0 Å². The van der Waals surface area contributed by atoms with Gasteiger partial charge in [-0.15, -0.1) is 0 Å². The molecule has 2 N–H and O–H groups in total. The first kappa shape index (κ1) is 13.3. The molecule has 0 atom stereocenters. The lowest BCUT2D eigenvalue weighted by atomic mass is 10.0. The van der Waals surface area contributed by atoms with Crippen molar-refractivity contribution in [2.45, 2.75) is 19.3 Å². The van der Waals surface area contributed by atoms with Gasteiger partial charge in [-0.05, 0) is 48.7 Å². The maximum absolute atomic E-state index is 12.2. The number of anilines is 2. The fourth-order valence-corrected chi connectivity index (χ4v) is 2.34. The van der Waals surface area contributed by atoms with Crippen LogP contribution in [-0.2, 0) is 11.2 Å². The molecule has 1 aliphatic rings. The number of benzene rings is 1. The Balaban J connectivity index is 1.81. The summed E-state index contributed by atoms with van der Waals surface area (Å²) >= 11 is 0. The van der Waals surface area contributed by atoms with E-state index in [0.717, 1.165) is 24.1 Å². The molecule has 0 spiro atoms. The Hall–Kier alpha value is -2.69. The summed E-state index contributed by atoms with van der Waals surface area (Å²) < 4.78 is 0. The van der Waals surface area contributed by atoms with Crippen molar-refractivity contribution in [2.24, 2.45) is 0 Å². The first-order valence-electron chi connectivity index (χ1n) is 6.87. The summed E-state index contributed by atoms with van der Waals surface area (Å²) in [6.45, 7) is 0. The normalized spacial score (nSPS) is 13.8. The van der Waals surface area contributed by atoms with E-state index in [1.54, 1.807) is 30.5 Å². The van der Waals surface area contributed by atoms with Crippen molar-refractivity contribution in [1.29, 1.82) is 0 Å². The fourth-order valence-electron chi connectivity index (χ4n) is 2.34. The molecule has 1 aromatic heterocycles. The molecular weight excluding hydrogens is 266 g/mol. The standard InChI is InChI=1S/C16H15N3O2/c20-15-6-3-4-11-10-12(7-8-13(11)18-15)16(21)19-14-5-1-2-9-17-14/h1-2,5,7-10H,3-4,6H2,(H,18,20)(H,17,19,21). The summed E-state index contributed by atoms with van der Waals surface area (Å²) in [6, 6.07) is 10.7. The molecule has 0 saturated heterocycles. The highest BCUT2D eigenvalue weighted by atomic mass is 16.2. The number of aryl methyl sites for hydroxylation is 1. The number of carbonyl (C=O) groups excluding carboxylic acids is 2. The van der Waals surface area contributed by atoms with Crippen molar-refractivity contribution < 1.29 is 9.59 Å². The SMILES string of the molecule is O=C1CCCc2cc(C(=O)Nc3ccccn3)ccc2N1. The van der Waals surface area contributed by atoms with E-state index in [9.17, 15) is 9.59 Å². The van der Waals surface area contributed by atoms with Crippen LogP contribution >= 0.6 is 0 Å². The molecule has 1 aromatic carbocycles. The molecule has 21 heavy (non-hydrogen) atoms. The molecule has 0 bridgehead atoms. The summed E-state index contributed by atoms with van der Waals surface area (Å²) in [4.78, 5) is 27.8. The summed E-state index contributed by atoms with van der Waals surface area (Å²) in [5, 5.41) is 5.61. The van der Waals surface area contributed by atoms with Crippen LogP contribution in [-0.4, -0.2) is 16.8 Å². The zero-order chi connectivity index (χ0) is 14.7. The first-order chi connectivity index (χ1) is 10.2. The predicted octanol–water partition coefficient (Wildman–Crippen LogP) is 2.61. The number of aromatic nitrogens is 1. The Morgan fingerprint density at radius 2 is 2.10 bits per heavy atom. The highest BCUT2D eigenvalue weighted by Crippen LogP contribution is 2.23. The van der Waals surface area contributed by atoms with Crippen molar-refractivity contribution in [3.8, 4) is 0 Å². The second-order valence-corrected chi connectivity index (χ2v) is 4.94. The van der Waals surface area contributed by atoms with Crippen LogP contribution in [0.3, 0.4) is 0 Å². The van der Waals surface area contributed by atoms with Crippen LogP contribution in [0.25, 0.3) is 0 Å². The van der Waals surface area contributed by atoms with Crippen molar-refractivity contribution >= 4 is 23.3 Å². The number of hydrogen-bond donors (Lipinski definition) is 2.